The summed E-state index contributed by atoms with van der Waals surface area (Å²) in [5.74, 6) is 0.299. The number of likely N-dealkylation sites (tertiary alicyclic amines) is 1. The molecule has 160 valence electrons. The summed E-state index contributed by atoms with van der Waals surface area (Å²) < 4.78 is 10.9. The summed E-state index contributed by atoms with van der Waals surface area (Å²) >= 11 is 6.12. The molecule has 1 fully saturated rings. The van der Waals surface area contributed by atoms with Crippen LogP contribution in [0.4, 0.5) is 5.69 Å². The topological polar surface area (TPSA) is 67.9 Å². The van der Waals surface area contributed by atoms with Gasteiger partial charge in [0.1, 0.15) is 11.9 Å². The van der Waals surface area contributed by atoms with Crippen LogP contribution in [0.2, 0.25) is 5.02 Å². The minimum absolute atomic E-state index is 0.0911. The van der Waals surface area contributed by atoms with Crippen molar-refractivity contribution in [3.05, 3.63) is 58.6 Å². The largest absolute Gasteiger partial charge is 0.497 e. The summed E-state index contributed by atoms with van der Waals surface area (Å²) in [5.41, 5.74) is 1.74. The first kappa shape index (κ1) is 22.1. The predicted molar refractivity (Wildman–Crippen MR) is 117 cm³/mol. The minimum Gasteiger partial charge on any atom is -0.497 e. The monoisotopic (exact) mass is 430 g/mol. The van der Waals surface area contributed by atoms with Crippen molar-refractivity contribution in [1.29, 1.82) is 0 Å². The molecule has 1 N–H and O–H groups in total. The van der Waals surface area contributed by atoms with E-state index in [0.29, 0.717) is 16.3 Å². The molecule has 7 heteroatoms. The zero-order valence-corrected chi connectivity index (χ0v) is 18.1. The highest BCUT2D eigenvalue weighted by Gasteiger charge is 2.23. The number of piperidine rings is 1. The molecule has 2 amide bonds. The van der Waals surface area contributed by atoms with E-state index < -0.39 is 6.10 Å². The Hall–Kier alpha value is -2.57. The van der Waals surface area contributed by atoms with E-state index in [-0.39, 0.29) is 18.4 Å². The number of ether oxygens (including phenoxy) is 2. The molecule has 2 aromatic carbocycles. The van der Waals surface area contributed by atoms with Crippen LogP contribution in [0, 0.1) is 0 Å². The fraction of sp³-hybridized carbons (Fsp3) is 0.391. The number of benzene rings is 2. The van der Waals surface area contributed by atoms with Gasteiger partial charge in [0.2, 0.25) is 0 Å². The van der Waals surface area contributed by atoms with Crippen LogP contribution in [-0.2, 0) is 16.1 Å². The second kappa shape index (κ2) is 10.5. The molecule has 6 nitrogen and oxygen atoms in total. The molecule has 2 aromatic rings. The molecular weight excluding hydrogens is 404 g/mol. The third-order valence-electron chi connectivity index (χ3n) is 5.12. The molecule has 1 heterocycles. The van der Waals surface area contributed by atoms with Crippen molar-refractivity contribution in [2.75, 3.05) is 25.5 Å². The van der Waals surface area contributed by atoms with Gasteiger partial charge in [-0.1, -0.05) is 23.7 Å². The standard InChI is InChI=1S/C23H27ClN2O4/c1-16(30-15-17-7-6-8-19(13-17)29-2)22(27)25-21-14-18(24)9-10-20(21)23(28)26-11-4-3-5-12-26/h6-10,13-14,16H,3-5,11-12,15H2,1-2H3,(H,25,27). The molecule has 0 bridgehead atoms. The summed E-state index contributed by atoms with van der Waals surface area (Å²) in [5, 5.41) is 3.26. The van der Waals surface area contributed by atoms with E-state index in [1.807, 2.05) is 29.2 Å². The number of carbonyl (C=O) groups excluding carboxylic acids is 2. The van der Waals surface area contributed by atoms with Gasteiger partial charge in [-0.15, -0.1) is 0 Å². The van der Waals surface area contributed by atoms with Crippen molar-refractivity contribution in [3.63, 3.8) is 0 Å². The molecule has 1 aliphatic heterocycles. The third kappa shape index (κ3) is 5.74. The molecule has 30 heavy (non-hydrogen) atoms. The number of anilines is 1. The lowest BCUT2D eigenvalue weighted by molar-refractivity contribution is -0.127. The molecular formula is C23H27ClN2O4. The lowest BCUT2D eigenvalue weighted by atomic mass is 10.1. The second-order valence-electron chi connectivity index (χ2n) is 7.34. The Bertz CT molecular complexity index is 897. The van der Waals surface area contributed by atoms with E-state index in [2.05, 4.69) is 5.32 Å². The smallest absolute Gasteiger partial charge is 0.255 e. The molecule has 0 aliphatic carbocycles. The summed E-state index contributed by atoms with van der Waals surface area (Å²) in [6, 6.07) is 12.4. The maximum Gasteiger partial charge on any atom is 0.255 e. The Labute approximate surface area is 182 Å². The highest BCUT2D eigenvalue weighted by atomic mass is 35.5. The molecule has 0 radical (unpaired) electrons. The molecule has 3 rings (SSSR count). The van der Waals surface area contributed by atoms with E-state index in [0.717, 1.165) is 43.7 Å². The maximum atomic E-state index is 12.9. The number of hydrogen-bond donors (Lipinski definition) is 1. The van der Waals surface area contributed by atoms with Crippen molar-refractivity contribution in [1.82, 2.24) is 4.90 Å². The van der Waals surface area contributed by atoms with Gasteiger partial charge >= 0.3 is 0 Å². The fourth-order valence-electron chi connectivity index (χ4n) is 3.37. The Morgan fingerprint density at radius 2 is 1.90 bits per heavy atom. The predicted octanol–water partition coefficient (Wildman–Crippen LogP) is 4.52. The Morgan fingerprint density at radius 1 is 1.13 bits per heavy atom. The van der Waals surface area contributed by atoms with Crippen LogP contribution in [0.1, 0.15) is 42.1 Å². The van der Waals surface area contributed by atoms with E-state index >= 15 is 0 Å². The average molecular weight is 431 g/mol. The van der Waals surface area contributed by atoms with Gasteiger partial charge in [-0.3, -0.25) is 9.59 Å². The number of methoxy groups -OCH3 is 1. The van der Waals surface area contributed by atoms with E-state index in [9.17, 15) is 9.59 Å². The Balaban J connectivity index is 1.66. The van der Waals surface area contributed by atoms with Crippen LogP contribution in [0.5, 0.6) is 5.75 Å². The summed E-state index contributed by atoms with van der Waals surface area (Å²) in [7, 11) is 1.60. The first-order chi connectivity index (χ1) is 14.5. The van der Waals surface area contributed by atoms with E-state index in [1.165, 1.54) is 0 Å². The number of rotatable bonds is 7. The van der Waals surface area contributed by atoms with Gasteiger partial charge in [0.25, 0.3) is 11.8 Å². The third-order valence-corrected chi connectivity index (χ3v) is 5.35. The number of hydrogen-bond acceptors (Lipinski definition) is 4. The van der Waals surface area contributed by atoms with Crippen molar-refractivity contribution >= 4 is 29.1 Å². The van der Waals surface area contributed by atoms with Gasteiger partial charge in [-0.25, -0.2) is 0 Å². The molecule has 0 aromatic heterocycles. The van der Waals surface area contributed by atoms with Gasteiger partial charge < -0.3 is 19.7 Å². The fourth-order valence-corrected chi connectivity index (χ4v) is 3.54. The first-order valence-corrected chi connectivity index (χ1v) is 10.5. The zero-order chi connectivity index (χ0) is 21.5. The second-order valence-corrected chi connectivity index (χ2v) is 7.77. The van der Waals surface area contributed by atoms with E-state index in [4.69, 9.17) is 21.1 Å². The van der Waals surface area contributed by atoms with Gasteiger partial charge in [-0.05, 0) is 62.1 Å². The van der Waals surface area contributed by atoms with Gasteiger partial charge in [0, 0.05) is 18.1 Å². The van der Waals surface area contributed by atoms with Crippen molar-refractivity contribution in [2.24, 2.45) is 0 Å². The van der Waals surface area contributed by atoms with Crippen LogP contribution in [0.25, 0.3) is 0 Å². The molecule has 1 aliphatic rings. The summed E-state index contributed by atoms with van der Waals surface area (Å²) in [6.45, 7) is 3.40. The van der Waals surface area contributed by atoms with Crippen LogP contribution in [-0.4, -0.2) is 43.0 Å². The quantitative estimate of drug-likeness (QED) is 0.701. The molecule has 1 saturated heterocycles. The molecule has 1 unspecified atom stereocenters. The number of nitrogens with one attached hydrogen (secondary N) is 1. The van der Waals surface area contributed by atoms with Crippen LogP contribution in [0.3, 0.4) is 0 Å². The summed E-state index contributed by atoms with van der Waals surface area (Å²) in [6.07, 6.45) is 2.41. The van der Waals surface area contributed by atoms with Crippen LogP contribution >= 0.6 is 11.6 Å². The highest BCUT2D eigenvalue weighted by molar-refractivity contribution is 6.31. The Morgan fingerprint density at radius 3 is 2.63 bits per heavy atom. The van der Waals surface area contributed by atoms with Crippen molar-refractivity contribution in [2.45, 2.75) is 38.9 Å². The Kier molecular flexibility index (Phi) is 7.71. The normalized spacial score (nSPS) is 14.8. The zero-order valence-electron chi connectivity index (χ0n) is 17.3. The molecule has 1 atom stereocenters. The molecule has 0 saturated carbocycles. The number of nitrogens with zero attached hydrogens (tertiary/aromatic N) is 1. The summed E-state index contributed by atoms with van der Waals surface area (Å²) in [4.78, 5) is 27.5. The SMILES string of the molecule is COc1cccc(COC(C)C(=O)Nc2cc(Cl)ccc2C(=O)N2CCCCC2)c1. The van der Waals surface area contributed by atoms with Gasteiger partial charge in [0.15, 0.2) is 0 Å². The minimum atomic E-state index is -0.715. The van der Waals surface area contributed by atoms with Gasteiger partial charge in [0.05, 0.1) is 25.0 Å². The van der Waals surface area contributed by atoms with Crippen molar-refractivity contribution < 1.29 is 19.1 Å². The highest BCUT2D eigenvalue weighted by Crippen LogP contribution is 2.24. The first-order valence-electron chi connectivity index (χ1n) is 10.1. The molecule has 0 spiro atoms. The van der Waals surface area contributed by atoms with Gasteiger partial charge in [-0.2, -0.15) is 0 Å². The lowest BCUT2D eigenvalue weighted by Gasteiger charge is -2.27. The van der Waals surface area contributed by atoms with Crippen LogP contribution < -0.4 is 10.1 Å². The number of carbonyl (C=O) groups is 2. The van der Waals surface area contributed by atoms with E-state index in [1.54, 1.807) is 32.2 Å². The average Bonchev–Trinajstić information content (AvgIpc) is 2.77. The lowest BCUT2D eigenvalue weighted by Crippen LogP contribution is -2.36. The van der Waals surface area contributed by atoms with Crippen LogP contribution in [0.15, 0.2) is 42.5 Å². The number of amides is 2. The number of halogens is 1. The maximum absolute atomic E-state index is 12.9. The van der Waals surface area contributed by atoms with Crippen molar-refractivity contribution in [3.8, 4) is 5.75 Å².